The second-order valence-electron chi connectivity index (χ2n) is 4.71. The van der Waals surface area contributed by atoms with E-state index >= 15 is 0 Å². The highest BCUT2D eigenvalue weighted by Gasteiger charge is 2.10. The topological polar surface area (TPSA) is 33.1 Å². The van der Waals surface area contributed by atoms with E-state index in [2.05, 4.69) is 4.98 Å². The number of benzene rings is 2. The largest absolute Gasteiger partial charge is 0.504 e. The smallest absolute Gasteiger partial charge is 0.160 e. The molecule has 0 aliphatic carbocycles. The fourth-order valence-corrected chi connectivity index (χ4v) is 2.82. The van der Waals surface area contributed by atoms with Gasteiger partial charge >= 0.3 is 0 Å². The molecule has 0 aliphatic heterocycles. The van der Waals surface area contributed by atoms with Gasteiger partial charge in [-0.05, 0) is 42.0 Å². The molecule has 0 saturated carbocycles. The number of pyridine rings is 1. The van der Waals surface area contributed by atoms with Crippen LogP contribution in [0.15, 0.2) is 42.5 Å². The predicted molar refractivity (Wildman–Crippen MR) is 93.8 cm³/mol. The third-order valence-corrected chi connectivity index (χ3v) is 4.01. The zero-order valence-electron chi connectivity index (χ0n) is 11.2. The van der Waals surface area contributed by atoms with E-state index in [1.54, 1.807) is 6.07 Å². The van der Waals surface area contributed by atoms with Gasteiger partial charge < -0.3 is 5.11 Å². The molecule has 1 heterocycles. The zero-order chi connectivity index (χ0) is 15.7. The molecule has 0 atom stereocenters. The summed E-state index contributed by atoms with van der Waals surface area (Å²) in [6, 6.07) is 12.6. The van der Waals surface area contributed by atoms with Crippen molar-refractivity contribution in [2.75, 3.05) is 0 Å². The van der Waals surface area contributed by atoms with Gasteiger partial charge in [-0.25, -0.2) is 4.98 Å². The Balaban J connectivity index is 2.04. The van der Waals surface area contributed by atoms with Crippen LogP contribution in [0.1, 0.15) is 11.3 Å². The quantitative estimate of drug-likeness (QED) is 0.608. The predicted octanol–water partition coefficient (Wildman–Crippen LogP) is 6.07. The summed E-state index contributed by atoms with van der Waals surface area (Å²) >= 11 is 18.0. The first-order valence-corrected chi connectivity index (χ1v) is 7.59. The van der Waals surface area contributed by atoms with Crippen LogP contribution in [0.3, 0.4) is 0 Å². The minimum atomic E-state index is -0.0703. The van der Waals surface area contributed by atoms with Gasteiger partial charge in [-0.2, -0.15) is 0 Å². The summed E-state index contributed by atoms with van der Waals surface area (Å²) in [5.74, 6) is -0.0703. The van der Waals surface area contributed by atoms with Crippen molar-refractivity contribution < 1.29 is 5.11 Å². The second-order valence-corrected chi connectivity index (χ2v) is 5.96. The average Bonchev–Trinajstić information content (AvgIpc) is 2.50. The van der Waals surface area contributed by atoms with Gasteiger partial charge in [0.15, 0.2) is 5.75 Å². The number of phenols is 1. The molecule has 2 aromatic carbocycles. The molecule has 0 bridgehead atoms. The third-order valence-electron chi connectivity index (χ3n) is 3.17. The van der Waals surface area contributed by atoms with Gasteiger partial charge in [0, 0.05) is 10.4 Å². The average molecular weight is 351 g/mol. The van der Waals surface area contributed by atoms with Crippen molar-refractivity contribution in [3.63, 3.8) is 0 Å². The van der Waals surface area contributed by atoms with Crippen LogP contribution in [0.2, 0.25) is 15.1 Å². The van der Waals surface area contributed by atoms with Gasteiger partial charge in [0.05, 0.1) is 15.7 Å². The Hall–Kier alpha value is -1.74. The first-order valence-electron chi connectivity index (χ1n) is 6.46. The summed E-state index contributed by atoms with van der Waals surface area (Å²) in [6.07, 6.45) is 3.72. The van der Waals surface area contributed by atoms with Crippen molar-refractivity contribution in [3.8, 4) is 5.75 Å². The molecule has 110 valence electrons. The highest BCUT2D eigenvalue weighted by atomic mass is 35.5. The normalized spacial score (nSPS) is 11.4. The molecular formula is C17H10Cl3NO. The third kappa shape index (κ3) is 3.05. The van der Waals surface area contributed by atoms with Crippen molar-refractivity contribution >= 4 is 57.9 Å². The minimum absolute atomic E-state index is 0.0703. The van der Waals surface area contributed by atoms with Gasteiger partial charge in [-0.15, -0.1) is 0 Å². The van der Waals surface area contributed by atoms with Crippen LogP contribution < -0.4 is 0 Å². The van der Waals surface area contributed by atoms with Gasteiger partial charge in [-0.3, -0.25) is 0 Å². The van der Waals surface area contributed by atoms with E-state index < -0.39 is 0 Å². The fraction of sp³-hybridized carbons (Fsp3) is 0. The lowest BCUT2D eigenvalue weighted by Gasteiger charge is -2.05. The molecule has 1 aromatic heterocycles. The monoisotopic (exact) mass is 349 g/mol. The van der Waals surface area contributed by atoms with Crippen molar-refractivity contribution in [1.29, 1.82) is 0 Å². The lowest BCUT2D eigenvalue weighted by molar-refractivity contribution is 0.480. The van der Waals surface area contributed by atoms with E-state index in [1.807, 2.05) is 42.5 Å². The zero-order valence-corrected chi connectivity index (χ0v) is 13.5. The fourth-order valence-electron chi connectivity index (χ4n) is 2.10. The van der Waals surface area contributed by atoms with Crippen molar-refractivity contribution in [2.24, 2.45) is 0 Å². The summed E-state index contributed by atoms with van der Waals surface area (Å²) in [4.78, 5) is 4.40. The highest BCUT2D eigenvalue weighted by molar-refractivity contribution is 6.39. The molecule has 3 aromatic rings. The Kier molecular flexibility index (Phi) is 4.25. The molecule has 5 heteroatoms. The van der Waals surface area contributed by atoms with Gasteiger partial charge in [0.2, 0.25) is 0 Å². The molecule has 0 saturated heterocycles. The van der Waals surface area contributed by atoms with Crippen molar-refractivity contribution in [3.05, 3.63) is 68.8 Å². The number of hydrogen-bond donors (Lipinski definition) is 1. The van der Waals surface area contributed by atoms with Gasteiger partial charge in [0.25, 0.3) is 0 Å². The van der Waals surface area contributed by atoms with Gasteiger partial charge in [0.1, 0.15) is 5.52 Å². The van der Waals surface area contributed by atoms with Crippen LogP contribution >= 0.6 is 34.8 Å². The summed E-state index contributed by atoms with van der Waals surface area (Å²) < 4.78 is 0. The molecule has 0 unspecified atom stereocenters. The molecular weight excluding hydrogens is 341 g/mol. The first kappa shape index (κ1) is 15.2. The van der Waals surface area contributed by atoms with Crippen LogP contribution in [-0.2, 0) is 0 Å². The molecule has 1 N–H and O–H groups in total. The summed E-state index contributed by atoms with van der Waals surface area (Å²) in [7, 11) is 0. The maximum absolute atomic E-state index is 10.0. The Labute approximate surface area is 142 Å². The second kappa shape index (κ2) is 6.17. The van der Waals surface area contributed by atoms with Crippen LogP contribution in [0, 0.1) is 0 Å². The van der Waals surface area contributed by atoms with E-state index in [1.165, 1.54) is 6.07 Å². The Morgan fingerprint density at radius 3 is 2.50 bits per heavy atom. The SMILES string of the molecule is Oc1c(Cl)cc(Cl)c2ccc(/C=C/c3cccc(Cl)c3)nc12. The minimum Gasteiger partial charge on any atom is -0.504 e. The van der Waals surface area contributed by atoms with Crippen LogP contribution in [0.5, 0.6) is 5.75 Å². The van der Waals surface area contributed by atoms with E-state index in [9.17, 15) is 5.11 Å². The number of hydrogen-bond acceptors (Lipinski definition) is 2. The van der Waals surface area contributed by atoms with Crippen molar-refractivity contribution in [2.45, 2.75) is 0 Å². The molecule has 0 amide bonds. The Bertz CT molecular complexity index is 890. The molecule has 0 spiro atoms. The highest BCUT2D eigenvalue weighted by Crippen LogP contribution is 2.36. The molecule has 0 radical (unpaired) electrons. The van der Waals surface area contributed by atoms with E-state index in [-0.39, 0.29) is 10.8 Å². The number of nitrogens with zero attached hydrogens (tertiary/aromatic N) is 1. The van der Waals surface area contributed by atoms with Gasteiger partial charge in [-0.1, -0.05) is 53.0 Å². The Morgan fingerprint density at radius 2 is 1.73 bits per heavy atom. The van der Waals surface area contributed by atoms with Crippen LogP contribution in [0.4, 0.5) is 0 Å². The lowest BCUT2D eigenvalue weighted by Crippen LogP contribution is -1.86. The number of rotatable bonds is 2. The molecule has 0 aliphatic rings. The number of fused-ring (bicyclic) bond motifs is 1. The molecule has 22 heavy (non-hydrogen) atoms. The lowest BCUT2D eigenvalue weighted by atomic mass is 10.1. The maximum Gasteiger partial charge on any atom is 0.160 e. The molecule has 3 rings (SSSR count). The van der Waals surface area contributed by atoms with Crippen LogP contribution in [-0.4, -0.2) is 10.1 Å². The van der Waals surface area contributed by atoms with E-state index in [0.29, 0.717) is 26.6 Å². The maximum atomic E-state index is 10.0. The molecule has 0 fully saturated rings. The number of halogens is 3. The summed E-state index contributed by atoms with van der Waals surface area (Å²) in [6.45, 7) is 0. The Morgan fingerprint density at radius 1 is 0.909 bits per heavy atom. The number of phenolic OH excluding ortho intramolecular Hbond substituents is 1. The van der Waals surface area contributed by atoms with E-state index in [0.717, 1.165) is 5.56 Å². The molecule has 2 nitrogen and oxygen atoms in total. The standard InChI is InChI=1S/C17H10Cl3NO/c18-11-3-1-2-10(8-11)4-5-12-6-7-13-14(19)9-15(20)17(22)16(13)21-12/h1-9,22H/b5-4+. The summed E-state index contributed by atoms with van der Waals surface area (Å²) in [5.41, 5.74) is 2.02. The summed E-state index contributed by atoms with van der Waals surface area (Å²) in [5, 5.41) is 12.0. The first-order chi connectivity index (χ1) is 10.5. The number of aromatic nitrogens is 1. The van der Waals surface area contributed by atoms with E-state index in [4.69, 9.17) is 34.8 Å². The number of aromatic hydroxyl groups is 1. The van der Waals surface area contributed by atoms with Crippen LogP contribution in [0.25, 0.3) is 23.1 Å². The van der Waals surface area contributed by atoms with Crippen molar-refractivity contribution in [1.82, 2.24) is 4.98 Å².